The van der Waals surface area contributed by atoms with Crippen molar-refractivity contribution in [1.29, 1.82) is 0 Å². The summed E-state index contributed by atoms with van der Waals surface area (Å²) in [4.78, 5) is 10.1. The zero-order valence-corrected chi connectivity index (χ0v) is 23.4. The van der Waals surface area contributed by atoms with Gasteiger partial charge in [-0.3, -0.25) is 0 Å². The molecule has 0 amide bonds. The summed E-state index contributed by atoms with van der Waals surface area (Å²) in [6.45, 7) is 3.33. The van der Waals surface area contributed by atoms with Gasteiger partial charge < -0.3 is 15.2 Å². The number of halogens is 1. The lowest BCUT2D eigenvalue weighted by Gasteiger charge is -2.40. The molecule has 1 atom stereocenters. The number of thioether (sulfide) groups is 1. The number of aromatic nitrogens is 1. The van der Waals surface area contributed by atoms with Gasteiger partial charge in [0.05, 0.1) is 18.2 Å². The van der Waals surface area contributed by atoms with E-state index in [4.69, 9.17) is 15.0 Å². The van der Waals surface area contributed by atoms with Gasteiger partial charge in [0.15, 0.2) is 0 Å². The average molecular weight is 592 g/mol. The minimum Gasteiger partial charge on any atom is -0.481 e. The van der Waals surface area contributed by atoms with Crippen LogP contribution in [0.1, 0.15) is 36.8 Å². The van der Waals surface area contributed by atoms with Crippen LogP contribution in [0, 0.1) is 11.8 Å². The van der Waals surface area contributed by atoms with Gasteiger partial charge in [-0.15, -0.1) is 17.7 Å². The Hall–Kier alpha value is -2.20. The number of pyridine rings is 1. The van der Waals surface area contributed by atoms with Crippen molar-refractivity contribution in [2.24, 2.45) is 0 Å². The van der Waals surface area contributed by atoms with Crippen LogP contribution in [0.5, 0.6) is 5.88 Å². The molecular weight excluding hydrogens is 560 g/mol. The van der Waals surface area contributed by atoms with Gasteiger partial charge in [0.2, 0.25) is 5.88 Å². The summed E-state index contributed by atoms with van der Waals surface area (Å²) in [5.41, 5.74) is 2.03. The molecule has 0 saturated carbocycles. The number of rotatable bonds is 8. The second kappa shape index (κ2) is 14.7. The first-order valence-corrected chi connectivity index (χ1v) is 13.7. The van der Waals surface area contributed by atoms with E-state index in [0.717, 1.165) is 39.6 Å². The molecule has 1 saturated heterocycles. The molecule has 37 heavy (non-hydrogen) atoms. The predicted octanol–water partition coefficient (Wildman–Crippen LogP) is 5.34. The maximum absolute atomic E-state index is 11.8. The van der Waals surface area contributed by atoms with Crippen LogP contribution in [0.15, 0.2) is 57.9 Å². The molecule has 10 heteroatoms. The average Bonchev–Trinajstić information content (AvgIpc) is 2.92. The van der Waals surface area contributed by atoms with E-state index in [2.05, 4.69) is 90.7 Å². The highest BCUT2D eigenvalue weighted by Crippen LogP contribution is 2.44. The molecule has 1 aromatic heterocycles. The summed E-state index contributed by atoms with van der Waals surface area (Å²) in [5, 5.41) is 30.3. The standard InChI is InChI=1S/C23H25BrN2O2S.C4H6O4/c1-28-22-19(14-16-13-17(24)5-8-20(16)26-22)21(23(27)9-11-25-12-10-23)15-3-6-18(29-2)7-4-15;1-2-3-4-6-8-7-5/h3-8,13-14,21,25,27H,9-12H2,1-2H3;5H,4H2,1H3. The van der Waals surface area contributed by atoms with Crippen LogP contribution < -0.4 is 10.1 Å². The van der Waals surface area contributed by atoms with Gasteiger partial charge in [-0.1, -0.05) is 34.0 Å². The van der Waals surface area contributed by atoms with Crippen LogP contribution in [0.2, 0.25) is 0 Å². The Bertz CT molecular complexity index is 1210. The van der Waals surface area contributed by atoms with Crippen molar-refractivity contribution in [3.05, 3.63) is 64.1 Å². The Labute approximate surface area is 229 Å². The fourth-order valence-corrected chi connectivity index (χ4v) is 5.17. The molecule has 2 aromatic carbocycles. The van der Waals surface area contributed by atoms with E-state index >= 15 is 0 Å². The topological polar surface area (TPSA) is 102 Å². The lowest BCUT2D eigenvalue weighted by atomic mass is 9.72. The van der Waals surface area contributed by atoms with Gasteiger partial charge >= 0.3 is 0 Å². The van der Waals surface area contributed by atoms with Crippen LogP contribution in [0.4, 0.5) is 0 Å². The zero-order valence-electron chi connectivity index (χ0n) is 21.0. The van der Waals surface area contributed by atoms with Crippen LogP contribution in [0.3, 0.4) is 0 Å². The molecular formula is C27H31BrN2O6S. The number of ether oxygens (including phenoxy) is 1. The van der Waals surface area contributed by atoms with Crippen molar-refractivity contribution in [3.8, 4) is 17.7 Å². The molecule has 0 spiro atoms. The van der Waals surface area contributed by atoms with Gasteiger partial charge in [-0.25, -0.2) is 10.2 Å². The smallest absolute Gasteiger partial charge is 0.217 e. The molecule has 1 aliphatic heterocycles. The molecule has 1 aliphatic rings. The first-order valence-electron chi connectivity index (χ1n) is 11.7. The largest absolute Gasteiger partial charge is 0.481 e. The molecule has 0 bridgehead atoms. The van der Waals surface area contributed by atoms with Crippen molar-refractivity contribution >= 4 is 38.6 Å². The van der Waals surface area contributed by atoms with Gasteiger partial charge in [0, 0.05) is 26.2 Å². The predicted molar refractivity (Wildman–Crippen MR) is 147 cm³/mol. The molecule has 0 radical (unpaired) electrons. The minimum atomic E-state index is -0.860. The summed E-state index contributed by atoms with van der Waals surface area (Å²) in [5.74, 6) is 5.39. The highest BCUT2D eigenvalue weighted by molar-refractivity contribution is 9.10. The van der Waals surface area contributed by atoms with Crippen molar-refractivity contribution in [3.63, 3.8) is 0 Å². The quantitative estimate of drug-likeness (QED) is 0.105. The van der Waals surface area contributed by atoms with E-state index in [0.29, 0.717) is 18.7 Å². The van der Waals surface area contributed by atoms with E-state index in [1.54, 1.807) is 25.8 Å². The first kappa shape index (κ1) is 29.4. The summed E-state index contributed by atoms with van der Waals surface area (Å²) in [6, 6.07) is 16.6. The SMILES string of the molecule is CC#CCOOOO.COc1nc2ccc(Br)cc2cc1C(c1ccc(SC)cc1)C1(O)CCNCC1. The summed E-state index contributed by atoms with van der Waals surface area (Å²) in [7, 11) is 1.65. The number of hydrogen-bond donors (Lipinski definition) is 3. The van der Waals surface area contributed by atoms with Crippen LogP contribution in [0.25, 0.3) is 10.9 Å². The van der Waals surface area contributed by atoms with Crippen LogP contribution in [-0.2, 0) is 15.0 Å². The third-order valence-electron chi connectivity index (χ3n) is 6.12. The summed E-state index contributed by atoms with van der Waals surface area (Å²) >= 11 is 5.27. The Morgan fingerprint density at radius 2 is 1.89 bits per heavy atom. The van der Waals surface area contributed by atoms with E-state index < -0.39 is 5.60 Å². The number of nitrogens with one attached hydrogen (secondary N) is 1. The molecule has 3 N–H and O–H groups in total. The normalized spacial score (nSPS) is 15.2. The van der Waals surface area contributed by atoms with Crippen molar-refractivity contribution in [2.45, 2.75) is 36.2 Å². The van der Waals surface area contributed by atoms with Gasteiger partial charge in [-0.05, 0) is 91.1 Å². The summed E-state index contributed by atoms with van der Waals surface area (Å²) in [6.07, 6.45) is 3.43. The molecule has 8 nitrogen and oxygen atoms in total. The van der Waals surface area contributed by atoms with Gasteiger partial charge in [0.25, 0.3) is 0 Å². The third kappa shape index (κ3) is 7.89. The fraction of sp³-hybridized carbons (Fsp3) is 0.370. The zero-order chi connectivity index (χ0) is 26.7. The number of hydrogen-bond acceptors (Lipinski definition) is 9. The molecule has 2 heterocycles. The minimum absolute atomic E-state index is 0.0804. The Morgan fingerprint density at radius 1 is 1.16 bits per heavy atom. The third-order valence-corrected chi connectivity index (χ3v) is 7.35. The second-order valence-electron chi connectivity index (χ2n) is 8.32. The van der Waals surface area contributed by atoms with Gasteiger partial charge in [-0.2, -0.15) is 4.89 Å². The lowest BCUT2D eigenvalue weighted by Crippen LogP contribution is -2.46. The number of fused-ring (bicyclic) bond motifs is 1. The monoisotopic (exact) mass is 590 g/mol. The Balaban J connectivity index is 0.000000414. The second-order valence-corrected chi connectivity index (χ2v) is 10.1. The van der Waals surface area contributed by atoms with Crippen LogP contribution >= 0.6 is 27.7 Å². The number of benzene rings is 2. The molecule has 198 valence electrons. The van der Waals surface area contributed by atoms with Gasteiger partial charge in [0.1, 0.15) is 6.61 Å². The molecule has 4 rings (SSSR count). The van der Waals surface area contributed by atoms with E-state index in [9.17, 15) is 5.11 Å². The van der Waals surface area contributed by atoms with Crippen LogP contribution in [-0.4, -0.2) is 54.0 Å². The van der Waals surface area contributed by atoms with Crippen molar-refractivity contribution in [2.75, 3.05) is 33.1 Å². The fourth-order valence-electron chi connectivity index (χ4n) is 4.39. The molecule has 0 aliphatic carbocycles. The lowest BCUT2D eigenvalue weighted by molar-refractivity contribution is -0.620. The maximum atomic E-state index is 11.8. The summed E-state index contributed by atoms with van der Waals surface area (Å²) < 4.78 is 6.72. The van der Waals surface area contributed by atoms with E-state index in [1.165, 1.54) is 4.90 Å². The number of piperidine rings is 1. The van der Waals surface area contributed by atoms with E-state index in [1.807, 2.05) is 12.1 Å². The molecule has 1 fully saturated rings. The number of nitrogens with zero attached hydrogens (tertiary/aromatic N) is 1. The maximum Gasteiger partial charge on any atom is 0.217 e. The number of aliphatic hydroxyl groups is 1. The Morgan fingerprint density at radius 3 is 2.51 bits per heavy atom. The highest BCUT2D eigenvalue weighted by Gasteiger charge is 2.41. The highest BCUT2D eigenvalue weighted by atomic mass is 79.9. The van der Waals surface area contributed by atoms with Crippen molar-refractivity contribution < 1.29 is 30.1 Å². The molecule has 1 unspecified atom stereocenters. The number of methoxy groups -OCH3 is 1. The van der Waals surface area contributed by atoms with Crippen molar-refractivity contribution in [1.82, 2.24) is 10.3 Å². The molecule has 3 aromatic rings. The Kier molecular flexibility index (Phi) is 11.6. The first-order chi connectivity index (χ1) is 18.0. The van der Waals surface area contributed by atoms with E-state index in [-0.39, 0.29) is 12.5 Å².